The molecule has 0 amide bonds. The molecule has 12 heavy (non-hydrogen) atoms. The van der Waals surface area contributed by atoms with Gasteiger partial charge in [-0.2, -0.15) is 4.31 Å². The minimum atomic E-state index is -3.00. The second-order valence-electron chi connectivity index (χ2n) is 3.20. The van der Waals surface area contributed by atoms with Crippen LogP contribution in [0.4, 0.5) is 0 Å². The van der Waals surface area contributed by atoms with E-state index in [1.807, 2.05) is 0 Å². The Kier molecular flexibility index (Phi) is 1.89. The number of fused-ring (bicyclic) bond motifs is 1. The molecule has 2 rings (SSSR count). The van der Waals surface area contributed by atoms with Crippen LogP contribution in [0.2, 0.25) is 0 Å². The van der Waals surface area contributed by atoms with Gasteiger partial charge in [0, 0.05) is 6.61 Å². The van der Waals surface area contributed by atoms with Crippen molar-refractivity contribution >= 4 is 10.0 Å². The lowest BCUT2D eigenvalue weighted by atomic mass is 10.2. The average Bonchev–Trinajstić information content (AvgIpc) is 2.78. The fraction of sp³-hybridized carbons (Fsp3) is 1.00. The molecule has 4 nitrogen and oxygen atoms in total. The van der Waals surface area contributed by atoms with E-state index in [1.54, 1.807) is 6.92 Å². The van der Waals surface area contributed by atoms with Crippen LogP contribution in [0.25, 0.3) is 0 Å². The Labute approximate surface area is 72.6 Å². The van der Waals surface area contributed by atoms with Crippen molar-refractivity contribution in [3.63, 3.8) is 0 Å². The van der Waals surface area contributed by atoms with E-state index >= 15 is 0 Å². The van der Waals surface area contributed by atoms with Crippen molar-refractivity contribution < 1.29 is 13.2 Å². The summed E-state index contributed by atoms with van der Waals surface area (Å²) in [6, 6.07) is 0.156. The average molecular weight is 191 g/mol. The number of hydrogen-bond donors (Lipinski definition) is 0. The Morgan fingerprint density at radius 2 is 2.33 bits per heavy atom. The van der Waals surface area contributed by atoms with Gasteiger partial charge in [-0.05, 0) is 19.8 Å². The van der Waals surface area contributed by atoms with Crippen LogP contribution in [-0.4, -0.2) is 37.4 Å². The van der Waals surface area contributed by atoms with Crippen molar-refractivity contribution in [2.75, 3.05) is 12.4 Å². The third kappa shape index (κ3) is 1.16. The fourth-order valence-electron chi connectivity index (χ4n) is 1.70. The predicted octanol–water partition coefficient (Wildman–Crippen LogP) is 0.157. The highest BCUT2D eigenvalue weighted by molar-refractivity contribution is 7.89. The van der Waals surface area contributed by atoms with Crippen LogP contribution in [0.3, 0.4) is 0 Å². The third-order valence-corrected chi connectivity index (χ3v) is 4.29. The maximum absolute atomic E-state index is 11.4. The van der Waals surface area contributed by atoms with Gasteiger partial charge >= 0.3 is 0 Å². The molecule has 3 atom stereocenters. The molecule has 2 aliphatic heterocycles. The molecule has 0 aliphatic carbocycles. The van der Waals surface area contributed by atoms with E-state index < -0.39 is 10.0 Å². The van der Waals surface area contributed by atoms with E-state index in [9.17, 15) is 8.42 Å². The normalized spacial score (nSPS) is 40.6. The summed E-state index contributed by atoms with van der Waals surface area (Å²) < 4.78 is 29.5. The summed E-state index contributed by atoms with van der Waals surface area (Å²) in [5.41, 5.74) is 0. The SMILES string of the molecule is CCS(=O)(=O)N1[C@@H]2CCCO[C@@H]21. The smallest absolute Gasteiger partial charge is 0.216 e. The van der Waals surface area contributed by atoms with Crippen LogP contribution in [-0.2, 0) is 14.8 Å². The van der Waals surface area contributed by atoms with Crippen molar-refractivity contribution in [1.82, 2.24) is 4.31 Å². The summed E-state index contributed by atoms with van der Waals surface area (Å²) in [6.45, 7) is 2.37. The minimum absolute atomic E-state index is 0.122. The topological polar surface area (TPSA) is 46.4 Å². The lowest BCUT2D eigenvalue weighted by Gasteiger charge is -2.04. The van der Waals surface area contributed by atoms with Crippen LogP contribution in [0.15, 0.2) is 0 Å². The molecule has 0 spiro atoms. The largest absolute Gasteiger partial charge is 0.360 e. The van der Waals surface area contributed by atoms with E-state index in [-0.39, 0.29) is 18.0 Å². The summed E-state index contributed by atoms with van der Waals surface area (Å²) in [6.07, 6.45) is 1.82. The number of rotatable bonds is 2. The summed E-state index contributed by atoms with van der Waals surface area (Å²) in [5.74, 6) is 0.184. The maximum atomic E-state index is 11.4. The molecule has 0 saturated carbocycles. The number of sulfonamides is 1. The molecule has 2 heterocycles. The molecule has 5 heteroatoms. The third-order valence-electron chi connectivity index (χ3n) is 2.44. The molecule has 2 fully saturated rings. The first-order chi connectivity index (χ1) is 5.67. The van der Waals surface area contributed by atoms with Gasteiger partial charge in [-0.25, -0.2) is 8.42 Å². The van der Waals surface area contributed by atoms with Gasteiger partial charge in [0.15, 0.2) is 0 Å². The highest BCUT2D eigenvalue weighted by atomic mass is 32.2. The standard InChI is InChI=1S/C7H13NO3S/c1-2-12(9,10)8-6-4-3-5-11-7(6)8/h6-7H,2-5H2,1H3/t6-,7+,8?/m1/s1. The van der Waals surface area contributed by atoms with Gasteiger partial charge in [0.05, 0.1) is 11.8 Å². The quantitative estimate of drug-likeness (QED) is 0.584. The molecule has 0 aromatic carbocycles. The van der Waals surface area contributed by atoms with E-state index in [4.69, 9.17) is 4.74 Å². The number of ether oxygens (including phenoxy) is 1. The van der Waals surface area contributed by atoms with E-state index in [2.05, 4.69) is 0 Å². The molecule has 0 N–H and O–H groups in total. The van der Waals surface area contributed by atoms with Gasteiger partial charge in [-0.3, -0.25) is 0 Å². The molecule has 0 aromatic heterocycles. The monoisotopic (exact) mass is 191 g/mol. The lowest BCUT2D eigenvalue weighted by molar-refractivity contribution is 0.0787. The van der Waals surface area contributed by atoms with Gasteiger partial charge in [0.25, 0.3) is 0 Å². The molecule has 0 bridgehead atoms. The molecule has 2 aliphatic rings. The number of hydrogen-bond acceptors (Lipinski definition) is 3. The van der Waals surface area contributed by atoms with Gasteiger partial charge < -0.3 is 4.74 Å². The zero-order valence-electron chi connectivity index (χ0n) is 7.06. The lowest BCUT2D eigenvalue weighted by Crippen LogP contribution is -2.17. The minimum Gasteiger partial charge on any atom is -0.360 e. The van der Waals surface area contributed by atoms with Gasteiger partial charge in [-0.1, -0.05) is 0 Å². The molecule has 0 aromatic rings. The predicted molar refractivity (Wildman–Crippen MR) is 44.1 cm³/mol. The van der Waals surface area contributed by atoms with Crippen LogP contribution >= 0.6 is 0 Å². The number of nitrogens with zero attached hydrogens (tertiary/aromatic N) is 1. The highest BCUT2D eigenvalue weighted by Gasteiger charge is 2.56. The van der Waals surface area contributed by atoms with Gasteiger partial charge in [-0.15, -0.1) is 0 Å². The second-order valence-corrected chi connectivity index (χ2v) is 5.36. The van der Waals surface area contributed by atoms with Gasteiger partial charge in [0.1, 0.15) is 6.23 Å². The molecule has 2 saturated heterocycles. The van der Waals surface area contributed by atoms with Crippen LogP contribution in [0.1, 0.15) is 19.8 Å². The summed E-state index contributed by atoms with van der Waals surface area (Å²) in [7, 11) is -3.00. The second kappa shape index (κ2) is 2.68. The van der Waals surface area contributed by atoms with Crippen molar-refractivity contribution in [2.45, 2.75) is 32.0 Å². The maximum Gasteiger partial charge on any atom is 0.216 e. The molecular weight excluding hydrogens is 178 g/mol. The van der Waals surface area contributed by atoms with Crippen molar-refractivity contribution in [2.24, 2.45) is 0 Å². The summed E-state index contributed by atoms with van der Waals surface area (Å²) in [4.78, 5) is 0. The van der Waals surface area contributed by atoms with Crippen molar-refractivity contribution in [1.29, 1.82) is 0 Å². The molecule has 1 unspecified atom stereocenters. The molecule has 0 radical (unpaired) electrons. The highest BCUT2D eigenvalue weighted by Crippen LogP contribution is 2.39. The first-order valence-electron chi connectivity index (χ1n) is 4.29. The van der Waals surface area contributed by atoms with E-state index in [0.717, 1.165) is 12.8 Å². The van der Waals surface area contributed by atoms with Crippen molar-refractivity contribution in [3.05, 3.63) is 0 Å². The Hall–Kier alpha value is -0.130. The Balaban J connectivity index is 2.10. The Morgan fingerprint density at radius 1 is 1.58 bits per heavy atom. The zero-order valence-corrected chi connectivity index (χ0v) is 7.88. The molecular formula is C7H13NO3S. The summed E-state index contributed by atoms with van der Waals surface area (Å²) in [5, 5.41) is 0. The summed E-state index contributed by atoms with van der Waals surface area (Å²) >= 11 is 0. The first kappa shape index (κ1) is 8.47. The Bertz CT molecular complexity index is 262. The first-order valence-corrected chi connectivity index (χ1v) is 5.90. The van der Waals surface area contributed by atoms with Gasteiger partial charge in [0.2, 0.25) is 10.0 Å². The van der Waals surface area contributed by atoms with Crippen LogP contribution in [0, 0.1) is 0 Å². The fourth-order valence-corrected chi connectivity index (χ4v) is 3.08. The molecule has 70 valence electrons. The zero-order chi connectivity index (χ0) is 8.77. The van der Waals surface area contributed by atoms with E-state index in [1.165, 1.54) is 4.31 Å². The van der Waals surface area contributed by atoms with Crippen LogP contribution in [0.5, 0.6) is 0 Å². The van der Waals surface area contributed by atoms with Crippen LogP contribution < -0.4 is 0 Å². The van der Waals surface area contributed by atoms with E-state index in [0.29, 0.717) is 6.61 Å². The van der Waals surface area contributed by atoms with Crippen molar-refractivity contribution in [3.8, 4) is 0 Å². The Morgan fingerprint density at radius 3 is 2.83 bits per heavy atom.